The Balaban J connectivity index is 1.86. The largest absolute Gasteiger partial charge is 0.468 e. The molecule has 0 saturated carbocycles. The van der Waals surface area contributed by atoms with E-state index in [9.17, 15) is 4.79 Å². The van der Waals surface area contributed by atoms with E-state index in [4.69, 9.17) is 16.3 Å². The van der Waals surface area contributed by atoms with Gasteiger partial charge in [0.05, 0.1) is 7.11 Å². The molecule has 0 aliphatic rings. The predicted octanol–water partition coefficient (Wildman–Crippen LogP) is 3.89. The Morgan fingerprint density at radius 3 is 2.67 bits per heavy atom. The molecule has 1 atom stereocenters. The molecule has 24 heavy (non-hydrogen) atoms. The summed E-state index contributed by atoms with van der Waals surface area (Å²) < 4.78 is 5.83. The molecule has 0 amide bonds. The lowest BCUT2D eigenvalue weighted by molar-refractivity contribution is -0.143. The van der Waals surface area contributed by atoms with Crippen molar-refractivity contribution in [3.8, 4) is 0 Å². The Bertz CT molecular complexity index is 667. The van der Waals surface area contributed by atoms with Gasteiger partial charge in [0.25, 0.3) is 0 Å². The highest BCUT2D eigenvalue weighted by molar-refractivity contribution is 9.10. The Morgan fingerprint density at radius 2 is 1.96 bits per heavy atom. The lowest BCUT2D eigenvalue weighted by Crippen LogP contribution is -2.41. The van der Waals surface area contributed by atoms with Gasteiger partial charge < -0.3 is 15.4 Å². The van der Waals surface area contributed by atoms with Crippen LogP contribution >= 0.6 is 27.5 Å². The number of rotatable bonds is 8. The first-order chi connectivity index (χ1) is 11.6. The lowest BCUT2D eigenvalue weighted by atomic mass is 10.1. The third kappa shape index (κ3) is 5.82. The molecule has 0 radical (unpaired) electrons. The van der Waals surface area contributed by atoms with Crippen molar-refractivity contribution in [3.63, 3.8) is 0 Å². The van der Waals surface area contributed by atoms with Gasteiger partial charge in [-0.05, 0) is 46.1 Å². The molecule has 0 aliphatic heterocycles. The molecule has 0 heterocycles. The van der Waals surface area contributed by atoms with E-state index in [1.54, 1.807) is 0 Å². The fourth-order valence-electron chi connectivity index (χ4n) is 2.31. The predicted molar refractivity (Wildman–Crippen MR) is 102 cm³/mol. The van der Waals surface area contributed by atoms with E-state index in [0.29, 0.717) is 24.5 Å². The van der Waals surface area contributed by atoms with Gasteiger partial charge in [-0.2, -0.15) is 0 Å². The van der Waals surface area contributed by atoms with Gasteiger partial charge in [0, 0.05) is 28.3 Å². The van der Waals surface area contributed by atoms with E-state index in [1.807, 2.05) is 48.5 Å². The van der Waals surface area contributed by atoms with Crippen LogP contribution in [-0.2, 0) is 16.0 Å². The third-order valence-electron chi connectivity index (χ3n) is 3.53. The number of methoxy groups -OCH3 is 1. The zero-order chi connectivity index (χ0) is 17.4. The van der Waals surface area contributed by atoms with Gasteiger partial charge in [-0.3, -0.25) is 4.79 Å². The van der Waals surface area contributed by atoms with E-state index in [0.717, 1.165) is 15.7 Å². The lowest BCUT2D eigenvalue weighted by Gasteiger charge is -2.17. The third-order valence-corrected chi connectivity index (χ3v) is 4.45. The maximum atomic E-state index is 11.9. The summed E-state index contributed by atoms with van der Waals surface area (Å²) in [5, 5.41) is 7.19. The normalized spacial score (nSPS) is 11.8. The van der Waals surface area contributed by atoms with E-state index in [2.05, 4.69) is 26.6 Å². The molecule has 0 saturated heterocycles. The van der Waals surface area contributed by atoms with Crippen LogP contribution in [-0.4, -0.2) is 32.2 Å². The van der Waals surface area contributed by atoms with Crippen LogP contribution in [0.25, 0.3) is 0 Å². The first-order valence-corrected chi connectivity index (χ1v) is 8.81. The zero-order valence-electron chi connectivity index (χ0n) is 13.4. The smallest absolute Gasteiger partial charge is 0.323 e. The van der Waals surface area contributed by atoms with Crippen LogP contribution < -0.4 is 10.6 Å². The van der Waals surface area contributed by atoms with E-state index in [-0.39, 0.29) is 12.0 Å². The minimum absolute atomic E-state index is 0.261. The van der Waals surface area contributed by atoms with Crippen LogP contribution in [0.1, 0.15) is 5.56 Å². The monoisotopic (exact) mass is 410 g/mol. The summed E-state index contributed by atoms with van der Waals surface area (Å²) in [6, 6.07) is 15.1. The van der Waals surface area contributed by atoms with Gasteiger partial charge in [0.1, 0.15) is 6.04 Å². The molecule has 128 valence electrons. The van der Waals surface area contributed by atoms with Crippen LogP contribution in [0, 0.1) is 0 Å². The summed E-state index contributed by atoms with van der Waals surface area (Å²) in [6.45, 7) is 1.27. The minimum atomic E-state index is -0.373. The summed E-state index contributed by atoms with van der Waals surface area (Å²) in [7, 11) is 1.41. The maximum absolute atomic E-state index is 11.9. The van der Waals surface area contributed by atoms with Crippen molar-refractivity contribution in [2.45, 2.75) is 12.5 Å². The topological polar surface area (TPSA) is 50.4 Å². The first-order valence-electron chi connectivity index (χ1n) is 7.64. The van der Waals surface area contributed by atoms with Gasteiger partial charge in [-0.1, -0.05) is 41.9 Å². The molecular weight excluding hydrogens is 392 g/mol. The molecule has 0 spiro atoms. The second-order valence-corrected chi connectivity index (χ2v) is 6.56. The number of nitrogens with one attached hydrogen (secondary N) is 2. The summed E-state index contributed by atoms with van der Waals surface area (Å²) >= 11 is 9.47. The fraction of sp³-hybridized carbons (Fsp3) is 0.278. The highest BCUT2D eigenvalue weighted by Crippen LogP contribution is 2.25. The average Bonchev–Trinajstić information content (AvgIpc) is 2.60. The molecular formula is C18H20BrClN2O2. The molecule has 0 aliphatic carbocycles. The van der Waals surface area contributed by atoms with Gasteiger partial charge in [0.15, 0.2) is 0 Å². The van der Waals surface area contributed by atoms with Crippen LogP contribution in [0.2, 0.25) is 5.02 Å². The van der Waals surface area contributed by atoms with Crippen molar-refractivity contribution in [2.75, 3.05) is 25.5 Å². The molecule has 0 bridgehead atoms. The molecule has 1 unspecified atom stereocenters. The molecule has 0 fully saturated rings. The van der Waals surface area contributed by atoms with Crippen LogP contribution in [0.15, 0.2) is 53.0 Å². The summed E-state index contributed by atoms with van der Waals surface area (Å²) in [5.74, 6) is -0.261. The number of hydrogen-bond donors (Lipinski definition) is 2. The Morgan fingerprint density at radius 1 is 1.21 bits per heavy atom. The Labute approximate surface area is 155 Å². The molecule has 0 aromatic heterocycles. The highest BCUT2D eigenvalue weighted by atomic mass is 79.9. The van der Waals surface area contributed by atoms with Crippen LogP contribution in [0.5, 0.6) is 0 Å². The van der Waals surface area contributed by atoms with Crippen molar-refractivity contribution in [3.05, 3.63) is 63.6 Å². The van der Waals surface area contributed by atoms with Crippen molar-refractivity contribution >= 4 is 39.2 Å². The molecule has 2 aromatic rings. The molecule has 2 N–H and O–H groups in total. The second kappa shape index (κ2) is 9.67. The van der Waals surface area contributed by atoms with E-state index in [1.165, 1.54) is 7.11 Å². The van der Waals surface area contributed by atoms with Crippen molar-refractivity contribution in [2.24, 2.45) is 0 Å². The summed E-state index contributed by atoms with van der Waals surface area (Å²) in [6.07, 6.45) is 0.592. The van der Waals surface area contributed by atoms with Crippen molar-refractivity contribution in [1.29, 1.82) is 0 Å². The molecule has 2 rings (SSSR count). The Kier molecular flexibility index (Phi) is 7.56. The second-order valence-electron chi connectivity index (χ2n) is 5.27. The van der Waals surface area contributed by atoms with Gasteiger partial charge in [-0.15, -0.1) is 0 Å². The number of carbonyl (C=O) groups is 1. The van der Waals surface area contributed by atoms with Gasteiger partial charge in [0.2, 0.25) is 0 Å². The standard InChI is InChI=1S/C18H20BrClN2O2/c1-24-18(23)17(11-13-5-3-2-4-6-13)22-10-9-21-16-12-14(20)7-8-15(16)19/h2-8,12,17,21-22H,9-11H2,1H3. The molecule has 6 heteroatoms. The Hall–Kier alpha value is -1.56. The minimum Gasteiger partial charge on any atom is -0.468 e. The zero-order valence-corrected chi connectivity index (χ0v) is 15.7. The van der Waals surface area contributed by atoms with E-state index < -0.39 is 0 Å². The number of anilines is 1. The van der Waals surface area contributed by atoms with Crippen LogP contribution in [0.4, 0.5) is 5.69 Å². The maximum Gasteiger partial charge on any atom is 0.323 e. The van der Waals surface area contributed by atoms with Gasteiger partial charge in [-0.25, -0.2) is 0 Å². The highest BCUT2D eigenvalue weighted by Gasteiger charge is 2.18. The van der Waals surface area contributed by atoms with Crippen molar-refractivity contribution in [1.82, 2.24) is 5.32 Å². The first kappa shape index (κ1) is 18.8. The molecule has 4 nitrogen and oxygen atoms in total. The van der Waals surface area contributed by atoms with Gasteiger partial charge >= 0.3 is 5.97 Å². The number of carbonyl (C=O) groups excluding carboxylic acids is 1. The number of hydrogen-bond acceptors (Lipinski definition) is 4. The number of benzene rings is 2. The number of ether oxygens (including phenoxy) is 1. The summed E-state index contributed by atoms with van der Waals surface area (Å²) in [5.41, 5.74) is 2.01. The summed E-state index contributed by atoms with van der Waals surface area (Å²) in [4.78, 5) is 11.9. The quantitative estimate of drug-likeness (QED) is 0.511. The number of halogens is 2. The SMILES string of the molecule is COC(=O)C(Cc1ccccc1)NCCNc1cc(Cl)ccc1Br. The fourth-order valence-corrected chi connectivity index (χ4v) is 2.87. The van der Waals surface area contributed by atoms with Crippen molar-refractivity contribution < 1.29 is 9.53 Å². The van der Waals surface area contributed by atoms with Crippen LogP contribution in [0.3, 0.4) is 0 Å². The molecule has 2 aromatic carbocycles. The average molecular weight is 412 g/mol. The van der Waals surface area contributed by atoms with E-state index >= 15 is 0 Å². The number of esters is 1.